The molecule has 0 bridgehead atoms. The third kappa shape index (κ3) is 4.37. The molecule has 0 aliphatic carbocycles. The number of hydrogen-bond acceptors (Lipinski definition) is 4. The van der Waals surface area contributed by atoms with Crippen LogP contribution >= 0.6 is 0 Å². The maximum absolute atomic E-state index is 12.4. The molecule has 1 heterocycles. The van der Waals surface area contributed by atoms with Gasteiger partial charge in [0.1, 0.15) is 11.5 Å². The largest absolute Gasteiger partial charge is 0.494 e. The molecular weight excluding hydrogens is 280 g/mol. The van der Waals surface area contributed by atoms with E-state index in [2.05, 4.69) is 0 Å². The predicted octanol–water partition coefficient (Wildman–Crippen LogP) is 2.19. The first-order chi connectivity index (χ1) is 10.6. The Morgan fingerprint density at radius 2 is 1.91 bits per heavy atom. The van der Waals surface area contributed by atoms with E-state index in [9.17, 15) is 4.79 Å². The normalized spacial score (nSPS) is 19.6. The zero-order chi connectivity index (χ0) is 15.9. The van der Waals surface area contributed by atoms with Gasteiger partial charge in [0.25, 0.3) is 5.91 Å². The number of carbonyl (C=O) groups excluding carboxylic acids is 1. The summed E-state index contributed by atoms with van der Waals surface area (Å²) in [4.78, 5) is 14.3. The van der Waals surface area contributed by atoms with Gasteiger partial charge in [-0.05, 0) is 57.4 Å². The number of benzene rings is 1. The van der Waals surface area contributed by atoms with E-state index in [0.29, 0.717) is 12.4 Å². The highest BCUT2D eigenvalue weighted by atomic mass is 16.5. The van der Waals surface area contributed by atoms with E-state index in [1.54, 1.807) is 0 Å². The summed E-state index contributed by atoms with van der Waals surface area (Å²) in [6, 6.07) is 7.44. The lowest BCUT2D eigenvalue weighted by Crippen LogP contribution is -2.52. The molecule has 22 heavy (non-hydrogen) atoms. The van der Waals surface area contributed by atoms with Crippen LogP contribution in [0.25, 0.3) is 0 Å². The SMILES string of the molecule is CCOc1ccc(OCC(=O)N2CCCCC2C(C)N)cc1. The van der Waals surface area contributed by atoms with E-state index in [-0.39, 0.29) is 24.6 Å². The second kappa shape index (κ2) is 8.03. The van der Waals surface area contributed by atoms with Crippen molar-refractivity contribution in [3.63, 3.8) is 0 Å². The van der Waals surface area contributed by atoms with Crippen molar-refractivity contribution in [2.24, 2.45) is 5.73 Å². The summed E-state index contributed by atoms with van der Waals surface area (Å²) in [7, 11) is 0. The Bertz CT molecular complexity index is 473. The number of nitrogens with zero attached hydrogens (tertiary/aromatic N) is 1. The number of amides is 1. The van der Waals surface area contributed by atoms with Gasteiger partial charge < -0.3 is 20.1 Å². The molecule has 5 heteroatoms. The quantitative estimate of drug-likeness (QED) is 0.875. The first-order valence-electron chi connectivity index (χ1n) is 8.02. The molecule has 5 nitrogen and oxygen atoms in total. The van der Waals surface area contributed by atoms with Gasteiger partial charge in [-0.2, -0.15) is 0 Å². The van der Waals surface area contributed by atoms with E-state index in [1.165, 1.54) is 0 Å². The maximum Gasteiger partial charge on any atom is 0.260 e. The highest BCUT2D eigenvalue weighted by Crippen LogP contribution is 2.20. The smallest absolute Gasteiger partial charge is 0.260 e. The van der Waals surface area contributed by atoms with Gasteiger partial charge in [0.05, 0.1) is 6.61 Å². The summed E-state index contributed by atoms with van der Waals surface area (Å²) in [6.45, 7) is 5.36. The van der Waals surface area contributed by atoms with Crippen molar-refractivity contribution in [3.05, 3.63) is 24.3 Å². The van der Waals surface area contributed by atoms with Crippen molar-refractivity contribution in [2.45, 2.75) is 45.2 Å². The topological polar surface area (TPSA) is 64.8 Å². The molecule has 0 spiro atoms. The van der Waals surface area contributed by atoms with Crippen LogP contribution in [-0.2, 0) is 4.79 Å². The van der Waals surface area contributed by atoms with Crippen LogP contribution in [0.4, 0.5) is 0 Å². The molecule has 0 saturated carbocycles. The zero-order valence-corrected chi connectivity index (χ0v) is 13.5. The van der Waals surface area contributed by atoms with Crippen molar-refractivity contribution in [1.29, 1.82) is 0 Å². The van der Waals surface area contributed by atoms with Gasteiger partial charge in [0, 0.05) is 18.6 Å². The van der Waals surface area contributed by atoms with Crippen LogP contribution in [0, 0.1) is 0 Å². The molecule has 1 amide bonds. The van der Waals surface area contributed by atoms with Crippen LogP contribution in [0.15, 0.2) is 24.3 Å². The molecule has 2 rings (SSSR count). The summed E-state index contributed by atoms with van der Waals surface area (Å²) in [6.07, 6.45) is 3.15. The van der Waals surface area contributed by atoms with Gasteiger partial charge in [-0.25, -0.2) is 0 Å². The lowest BCUT2D eigenvalue weighted by molar-refractivity contribution is -0.137. The molecular formula is C17H26N2O3. The third-order valence-corrected chi connectivity index (χ3v) is 3.97. The summed E-state index contributed by atoms with van der Waals surface area (Å²) in [5, 5.41) is 0. The highest BCUT2D eigenvalue weighted by Gasteiger charge is 2.29. The number of nitrogens with two attached hydrogens (primary N) is 1. The van der Waals surface area contributed by atoms with Crippen LogP contribution in [0.3, 0.4) is 0 Å². The van der Waals surface area contributed by atoms with E-state index in [4.69, 9.17) is 15.2 Å². The average Bonchev–Trinajstić information content (AvgIpc) is 2.54. The molecule has 1 aromatic carbocycles. The number of ether oxygens (including phenoxy) is 2. The lowest BCUT2D eigenvalue weighted by Gasteiger charge is -2.38. The second-order valence-electron chi connectivity index (χ2n) is 5.70. The van der Waals surface area contributed by atoms with Crippen LogP contribution in [0.1, 0.15) is 33.1 Å². The number of piperidine rings is 1. The molecule has 2 atom stereocenters. The van der Waals surface area contributed by atoms with Crippen molar-refractivity contribution < 1.29 is 14.3 Å². The van der Waals surface area contributed by atoms with E-state index >= 15 is 0 Å². The molecule has 1 aromatic rings. The molecule has 122 valence electrons. The minimum absolute atomic E-state index is 0.00488. The number of carbonyl (C=O) groups is 1. The van der Waals surface area contributed by atoms with Crippen molar-refractivity contribution in [3.8, 4) is 11.5 Å². The molecule has 1 aliphatic heterocycles. The van der Waals surface area contributed by atoms with Gasteiger partial charge >= 0.3 is 0 Å². The first-order valence-corrected chi connectivity index (χ1v) is 8.02. The Morgan fingerprint density at radius 3 is 2.50 bits per heavy atom. The second-order valence-corrected chi connectivity index (χ2v) is 5.70. The minimum Gasteiger partial charge on any atom is -0.494 e. The van der Waals surface area contributed by atoms with E-state index in [0.717, 1.165) is 31.6 Å². The van der Waals surface area contributed by atoms with Gasteiger partial charge in [-0.1, -0.05) is 0 Å². The lowest BCUT2D eigenvalue weighted by atomic mass is 9.97. The van der Waals surface area contributed by atoms with E-state index < -0.39 is 0 Å². The Balaban J connectivity index is 1.88. The van der Waals surface area contributed by atoms with E-state index in [1.807, 2.05) is 43.0 Å². The predicted molar refractivity (Wildman–Crippen MR) is 86.1 cm³/mol. The fraction of sp³-hybridized carbons (Fsp3) is 0.588. The fourth-order valence-corrected chi connectivity index (χ4v) is 2.84. The molecule has 1 aliphatic rings. The Hall–Kier alpha value is -1.75. The van der Waals surface area contributed by atoms with Crippen molar-refractivity contribution in [1.82, 2.24) is 4.90 Å². The van der Waals surface area contributed by atoms with Crippen molar-refractivity contribution in [2.75, 3.05) is 19.8 Å². The van der Waals surface area contributed by atoms with Crippen molar-refractivity contribution >= 4 is 5.91 Å². The minimum atomic E-state index is -0.00488. The summed E-state index contributed by atoms with van der Waals surface area (Å²) >= 11 is 0. The Labute approximate surface area is 132 Å². The number of likely N-dealkylation sites (tertiary alicyclic amines) is 1. The Morgan fingerprint density at radius 1 is 1.27 bits per heavy atom. The molecule has 1 fully saturated rings. The molecule has 0 aromatic heterocycles. The number of rotatable bonds is 6. The molecule has 2 unspecified atom stereocenters. The van der Waals surface area contributed by atoms with Crippen LogP contribution < -0.4 is 15.2 Å². The standard InChI is InChI=1S/C17H26N2O3/c1-3-21-14-7-9-15(10-8-14)22-12-17(20)19-11-5-4-6-16(19)13(2)18/h7-10,13,16H,3-6,11-12,18H2,1-2H3. The fourth-order valence-electron chi connectivity index (χ4n) is 2.84. The summed E-state index contributed by atoms with van der Waals surface area (Å²) in [5.74, 6) is 1.48. The summed E-state index contributed by atoms with van der Waals surface area (Å²) in [5.41, 5.74) is 6.00. The highest BCUT2D eigenvalue weighted by molar-refractivity contribution is 5.78. The first kappa shape index (κ1) is 16.6. The maximum atomic E-state index is 12.4. The molecule has 0 radical (unpaired) electrons. The average molecular weight is 306 g/mol. The van der Waals surface area contributed by atoms with Gasteiger partial charge in [-0.3, -0.25) is 4.79 Å². The van der Waals surface area contributed by atoms with Gasteiger partial charge in [0.15, 0.2) is 6.61 Å². The zero-order valence-electron chi connectivity index (χ0n) is 13.5. The van der Waals surface area contributed by atoms with Gasteiger partial charge in [-0.15, -0.1) is 0 Å². The monoisotopic (exact) mass is 306 g/mol. The number of hydrogen-bond donors (Lipinski definition) is 1. The molecule has 2 N–H and O–H groups in total. The summed E-state index contributed by atoms with van der Waals surface area (Å²) < 4.78 is 11.0. The van der Waals surface area contributed by atoms with Crippen LogP contribution in [0.5, 0.6) is 11.5 Å². The Kier molecular flexibility index (Phi) is 6.07. The third-order valence-electron chi connectivity index (χ3n) is 3.97. The van der Waals surface area contributed by atoms with Gasteiger partial charge in [0.2, 0.25) is 0 Å². The van der Waals surface area contributed by atoms with Crippen LogP contribution in [0.2, 0.25) is 0 Å². The van der Waals surface area contributed by atoms with Crippen LogP contribution in [-0.4, -0.2) is 42.6 Å². The molecule has 1 saturated heterocycles.